The first-order valence-corrected chi connectivity index (χ1v) is 3.49. The van der Waals surface area contributed by atoms with Crippen molar-refractivity contribution in [1.82, 2.24) is 10.2 Å². The lowest BCUT2D eigenvalue weighted by atomic mass is 10.2. The van der Waals surface area contributed by atoms with E-state index in [0.717, 1.165) is 12.5 Å². The van der Waals surface area contributed by atoms with Crippen LogP contribution in [0.25, 0.3) is 11.5 Å². The van der Waals surface area contributed by atoms with Gasteiger partial charge >= 0.3 is 0 Å². The zero-order chi connectivity index (χ0) is 9.26. The summed E-state index contributed by atoms with van der Waals surface area (Å²) in [5, 5.41) is 6.83. The Bertz CT molecular complexity index is 414. The third-order valence-corrected chi connectivity index (χ3v) is 1.54. The van der Waals surface area contributed by atoms with Crippen LogP contribution in [0.5, 0.6) is 0 Å². The minimum atomic E-state index is -0.980. The summed E-state index contributed by atoms with van der Waals surface area (Å²) in [5.74, 6) is -1.94. The van der Waals surface area contributed by atoms with Gasteiger partial charge in [-0.25, -0.2) is 8.78 Å². The van der Waals surface area contributed by atoms with E-state index in [1.54, 1.807) is 0 Å². The lowest BCUT2D eigenvalue weighted by molar-refractivity contribution is 0.502. The molecule has 3 nitrogen and oxygen atoms in total. The first-order chi connectivity index (χ1) is 6.29. The maximum atomic E-state index is 13.1. The van der Waals surface area contributed by atoms with Gasteiger partial charge < -0.3 is 4.42 Å². The number of nitrogens with zero attached hydrogens (tertiary/aromatic N) is 2. The van der Waals surface area contributed by atoms with Gasteiger partial charge in [-0.15, -0.1) is 10.2 Å². The fourth-order valence-electron chi connectivity index (χ4n) is 0.959. The summed E-state index contributed by atoms with van der Waals surface area (Å²) in [7, 11) is 0. The van der Waals surface area contributed by atoms with E-state index in [1.807, 2.05) is 0 Å². The van der Waals surface area contributed by atoms with Crippen molar-refractivity contribution in [3.05, 3.63) is 36.2 Å². The lowest BCUT2D eigenvalue weighted by Crippen LogP contribution is -1.88. The van der Waals surface area contributed by atoms with Gasteiger partial charge in [0.15, 0.2) is 11.6 Å². The first kappa shape index (κ1) is 7.85. The minimum Gasteiger partial charge on any atom is -0.423 e. The Hall–Kier alpha value is -1.78. The van der Waals surface area contributed by atoms with Gasteiger partial charge in [0, 0.05) is 0 Å². The van der Waals surface area contributed by atoms with Crippen molar-refractivity contribution >= 4 is 0 Å². The Kier molecular flexibility index (Phi) is 1.77. The molecule has 0 atom stereocenters. The van der Waals surface area contributed by atoms with Crippen LogP contribution in [0.15, 0.2) is 29.0 Å². The molecule has 13 heavy (non-hydrogen) atoms. The molecule has 0 saturated heterocycles. The Labute approximate surface area is 72.0 Å². The SMILES string of the molecule is Fc1cccc(-c2nnco2)c1F. The molecule has 0 bridgehead atoms. The van der Waals surface area contributed by atoms with Crippen molar-refractivity contribution in [3.63, 3.8) is 0 Å². The van der Waals surface area contributed by atoms with Crippen molar-refractivity contribution in [1.29, 1.82) is 0 Å². The molecule has 0 unspecified atom stereocenters. The number of halogens is 2. The molecule has 1 heterocycles. The van der Waals surface area contributed by atoms with Crippen molar-refractivity contribution in [3.8, 4) is 11.5 Å². The number of benzene rings is 1. The Morgan fingerprint density at radius 1 is 1.23 bits per heavy atom. The first-order valence-electron chi connectivity index (χ1n) is 3.49. The van der Waals surface area contributed by atoms with E-state index in [0.29, 0.717) is 0 Å². The van der Waals surface area contributed by atoms with Gasteiger partial charge in [-0.05, 0) is 12.1 Å². The predicted molar refractivity (Wildman–Crippen MR) is 39.6 cm³/mol. The van der Waals surface area contributed by atoms with Crippen LogP contribution in [0.1, 0.15) is 0 Å². The second-order valence-electron chi connectivity index (χ2n) is 2.35. The van der Waals surface area contributed by atoms with Gasteiger partial charge in [0.05, 0.1) is 5.56 Å². The topological polar surface area (TPSA) is 38.9 Å². The molecule has 66 valence electrons. The summed E-state index contributed by atoms with van der Waals surface area (Å²) in [6, 6.07) is 3.76. The molecule has 0 N–H and O–H groups in total. The average Bonchev–Trinajstić information content (AvgIpc) is 2.62. The second-order valence-corrected chi connectivity index (χ2v) is 2.35. The highest BCUT2D eigenvalue weighted by Crippen LogP contribution is 2.21. The number of aromatic nitrogens is 2. The van der Waals surface area contributed by atoms with E-state index in [9.17, 15) is 8.78 Å². The summed E-state index contributed by atoms with van der Waals surface area (Å²) in [6.45, 7) is 0. The molecule has 1 aromatic carbocycles. The van der Waals surface area contributed by atoms with Gasteiger partial charge in [-0.3, -0.25) is 0 Å². The lowest BCUT2D eigenvalue weighted by Gasteiger charge is -1.96. The highest BCUT2D eigenvalue weighted by Gasteiger charge is 2.12. The molecule has 0 aliphatic rings. The van der Waals surface area contributed by atoms with Crippen LogP contribution >= 0.6 is 0 Å². The Morgan fingerprint density at radius 2 is 2.08 bits per heavy atom. The van der Waals surface area contributed by atoms with Crippen molar-refractivity contribution in [2.24, 2.45) is 0 Å². The standard InChI is InChI=1S/C8H4F2N2O/c9-6-3-1-2-5(7(6)10)8-12-11-4-13-8/h1-4H. The summed E-state index contributed by atoms with van der Waals surface area (Å²) < 4.78 is 30.5. The normalized spacial score (nSPS) is 10.3. The third kappa shape index (κ3) is 1.28. The maximum Gasteiger partial charge on any atom is 0.250 e. The maximum absolute atomic E-state index is 13.1. The smallest absolute Gasteiger partial charge is 0.250 e. The third-order valence-electron chi connectivity index (χ3n) is 1.54. The largest absolute Gasteiger partial charge is 0.423 e. The molecule has 0 spiro atoms. The van der Waals surface area contributed by atoms with E-state index >= 15 is 0 Å². The van der Waals surface area contributed by atoms with Crippen LogP contribution < -0.4 is 0 Å². The molecule has 0 aliphatic heterocycles. The summed E-state index contributed by atoms with van der Waals surface area (Å²) in [6.07, 6.45) is 1.06. The van der Waals surface area contributed by atoms with Gasteiger partial charge in [0.2, 0.25) is 12.3 Å². The van der Waals surface area contributed by atoms with Crippen LogP contribution in [-0.4, -0.2) is 10.2 Å². The molecule has 0 saturated carbocycles. The fourth-order valence-corrected chi connectivity index (χ4v) is 0.959. The van der Waals surface area contributed by atoms with E-state index in [1.165, 1.54) is 12.1 Å². The van der Waals surface area contributed by atoms with Crippen LogP contribution in [0, 0.1) is 11.6 Å². The minimum absolute atomic E-state index is 0.0301. The average molecular weight is 182 g/mol. The zero-order valence-electron chi connectivity index (χ0n) is 6.37. The molecular formula is C8H4F2N2O. The van der Waals surface area contributed by atoms with Crippen LogP contribution in [0.3, 0.4) is 0 Å². The van der Waals surface area contributed by atoms with Gasteiger partial charge in [0.25, 0.3) is 0 Å². The van der Waals surface area contributed by atoms with E-state index in [4.69, 9.17) is 4.42 Å². The molecule has 5 heteroatoms. The van der Waals surface area contributed by atoms with E-state index in [-0.39, 0.29) is 11.5 Å². The van der Waals surface area contributed by atoms with Crippen molar-refractivity contribution < 1.29 is 13.2 Å². The molecule has 0 amide bonds. The second kappa shape index (κ2) is 2.93. The van der Waals surface area contributed by atoms with Gasteiger partial charge in [-0.2, -0.15) is 0 Å². The summed E-state index contributed by atoms with van der Waals surface area (Å²) in [5.41, 5.74) is -0.0301. The molecule has 0 radical (unpaired) electrons. The predicted octanol–water partition coefficient (Wildman–Crippen LogP) is 2.01. The molecule has 0 aliphatic carbocycles. The van der Waals surface area contributed by atoms with Crippen molar-refractivity contribution in [2.75, 3.05) is 0 Å². The Morgan fingerprint density at radius 3 is 2.77 bits per heavy atom. The van der Waals surface area contributed by atoms with Crippen LogP contribution in [0.2, 0.25) is 0 Å². The molecule has 2 aromatic rings. The van der Waals surface area contributed by atoms with Crippen molar-refractivity contribution in [2.45, 2.75) is 0 Å². The highest BCUT2D eigenvalue weighted by atomic mass is 19.2. The summed E-state index contributed by atoms with van der Waals surface area (Å²) >= 11 is 0. The zero-order valence-corrected chi connectivity index (χ0v) is 6.37. The number of hydrogen-bond acceptors (Lipinski definition) is 3. The highest BCUT2D eigenvalue weighted by molar-refractivity contribution is 5.53. The number of rotatable bonds is 1. The quantitative estimate of drug-likeness (QED) is 0.677. The summed E-state index contributed by atoms with van der Waals surface area (Å²) in [4.78, 5) is 0. The van der Waals surface area contributed by atoms with Crippen LogP contribution in [0.4, 0.5) is 8.78 Å². The molecule has 2 rings (SSSR count). The van der Waals surface area contributed by atoms with Gasteiger partial charge in [0.1, 0.15) is 0 Å². The number of hydrogen-bond donors (Lipinski definition) is 0. The Balaban J connectivity index is 2.59. The van der Waals surface area contributed by atoms with Gasteiger partial charge in [-0.1, -0.05) is 6.07 Å². The molecular weight excluding hydrogens is 178 g/mol. The van der Waals surface area contributed by atoms with Crippen LogP contribution in [-0.2, 0) is 0 Å². The molecule has 0 fully saturated rings. The van der Waals surface area contributed by atoms with E-state index in [2.05, 4.69) is 10.2 Å². The molecule has 1 aromatic heterocycles. The fraction of sp³-hybridized carbons (Fsp3) is 0. The van der Waals surface area contributed by atoms with E-state index < -0.39 is 11.6 Å². The monoisotopic (exact) mass is 182 g/mol.